The monoisotopic (exact) mass is 184 g/mol. The number of hydrogen-bond acceptors (Lipinski definition) is 4. The van der Waals surface area contributed by atoms with Crippen molar-refractivity contribution in [3.05, 3.63) is 16.6 Å². The minimum absolute atomic E-state index is 0.154. The van der Waals surface area contributed by atoms with E-state index in [-0.39, 0.29) is 6.10 Å². The summed E-state index contributed by atoms with van der Waals surface area (Å²) in [7, 11) is 0. The minimum atomic E-state index is 0.154. The number of aromatic nitrogens is 1. The van der Waals surface area contributed by atoms with E-state index in [1.165, 1.54) is 0 Å². The van der Waals surface area contributed by atoms with Crippen LogP contribution in [0.15, 0.2) is 10.9 Å². The first-order valence-electron chi connectivity index (χ1n) is 4.11. The SMILES string of the molecule is NCC1CCOC1c1cscn1. The summed E-state index contributed by atoms with van der Waals surface area (Å²) in [6, 6.07) is 0. The van der Waals surface area contributed by atoms with Gasteiger partial charge < -0.3 is 10.5 Å². The van der Waals surface area contributed by atoms with Gasteiger partial charge in [0.2, 0.25) is 0 Å². The van der Waals surface area contributed by atoms with Gasteiger partial charge in [-0.2, -0.15) is 0 Å². The van der Waals surface area contributed by atoms with Crippen LogP contribution in [0.5, 0.6) is 0 Å². The summed E-state index contributed by atoms with van der Waals surface area (Å²) in [4.78, 5) is 4.23. The van der Waals surface area contributed by atoms with Crippen molar-refractivity contribution in [3.8, 4) is 0 Å². The fourth-order valence-corrected chi connectivity index (χ4v) is 2.14. The fraction of sp³-hybridized carbons (Fsp3) is 0.625. The Hall–Kier alpha value is -0.450. The lowest BCUT2D eigenvalue weighted by atomic mass is 10.0. The normalized spacial score (nSPS) is 29.4. The van der Waals surface area contributed by atoms with Gasteiger partial charge in [-0.05, 0) is 13.0 Å². The molecule has 4 heteroatoms. The highest BCUT2D eigenvalue weighted by molar-refractivity contribution is 7.07. The Balaban J connectivity index is 2.13. The zero-order chi connectivity index (χ0) is 8.39. The van der Waals surface area contributed by atoms with Crippen LogP contribution < -0.4 is 5.73 Å². The van der Waals surface area contributed by atoms with E-state index in [4.69, 9.17) is 10.5 Å². The number of ether oxygens (including phenoxy) is 1. The number of nitrogens with zero attached hydrogens (tertiary/aromatic N) is 1. The van der Waals surface area contributed by atoms with E-state index in [2.05, 4.69) is 4.98 Å². The van der Waals surface area contributed by atoms with Crippen LogP contribution in [0.25, 0.3) is 0 Å². The van der Waals surface area contributed by atoms with E-state index < -0.39 is 0 Å². The third-order valence-corrected chi connectivity index (χ3v) is 2.86. The molecule has 0 spiro atoms. The Bertz CT molecular complexity index is 237. The first-order valence-corrected chi connectivity index (χ1v) is 5.06. The second kappa shape index (κ2) is 3.51. The first-order chi connectivity index (χ1) is 5.92. The van der Waals surface area contributed by atoms with Crippen LogP contribution in [0.1, 0.15) is 18.2 Å². The molecule has 1 aromatic heterocycles. The van der Waals surface area contributed by atoms with Gasteiger partial charge in [0.25, 0.3) is 0 Å². The van der Waals surface area contributed by atoms with E-state index in [0.29, 0.717) is 12.5 Å². The van der Waals surface area contributed by atoms with Gasteiger partial charge in [0.1, 0.15) is 6.10 Å². The van der Waals surface area contributed by atoms with Crippen LogP contribution in [0, 0.1) is 5.92 Å². The van der Waals surface area contributed by atoms with Crippen LogP contribution in [0.4, 0.5) is 0 Å². The lowest BCUT2D eigenvalue weighted by Gasteiger charge is -2.13. The Kier molecular flexibility index (Phi) is 2.39. The quantitative estimate of drug-likeness (QED) is 0.750. The second-order valence-electron chi connectivity index (χ2n) is 2.99. The number of thiazole rings is 1. The first kappa shape index (κ1) is 8.16. The highest BCUT2D eigenvalue weighted by atomic mass is 32.1. The summed E-state index contributed by atoms with van der Waals surface area (Å²) < 4.78 is 5.56. The lowest BCUT2D eigenvalue weighted by molar-refractivity contribution is 0.0895. The van der Waals surface area contributed by atoms with Crippen LogP contribution in [-0.2, 0) is 4.74 Å². The Morgan fingerprint density at radius 2 is 2.67 bits per heavy atom. The molecule has 3 nitrogen and oxygen atoms in total. The molecule has 1 fully saturated rings. The standard InChI is InChI=1S/C8H12N2OS/c9-3-6-1-2-11-8(6)7-4-12-5-10-7/h4-6,8H,1-3,9H2. The molecule has 0 aliphatic carbocycles. The maximum atomic E-state index is 5.63. The van der Waals surface area contributed by atoms with E-state index >= 15 is 0 Å². The Morgan fingerprint density at radius 3 is 3.33 bits per heavy atom. The average Bonchev–Trinajstić information content (AvgIpc) is 2.74. The van der Waals surface area contributed by atoms with E-state index in [1.807, 2.05) is 10.9 Å². The second-order valence-corrected chi connectivity index (χ2v) is 3.71. The summed E-state index contributed by atoms with van der Waals surface area (Å²) >= 11 is 1.61. The fourth-order valence-electron chi connectivity index (χ4n) is 1.56. The molecule has 0 saturated carbocycles. The van der Waals surface area contributed by atoms with Gasteiger partial charge in [0.15, 0.2) is 0 Å². The summed E-state index contributed by atoms with van der Waals surface area (Å²) in [5, 5.41) is 2.04. The van der Waals surface area contributed by atoms with E-state index in [1.54, 1.807) is 11.3 Å². The molecular weight excluding hydrogens is 172 g/mol. The molecule has 2 heterocycles. The van der Waals surface area contributed by atoms with Gasteiger partial charge in [-0.3, -0.25) is 0 Å². The molecule has 66 valence electrons. The molecular formula is C8H12N2OS. The molecule has 1 aliphatic rings. The number of nitrogens with two attached hydrogens (primary N) is 1. The average molecular weight is 184 g/mol. The highest BCUT2D eigenvalue weighted by Crippen LogP contribution is 2.33. The molecule has 1 saturated heterocycles. The molecule has 2 atom stereocenters. The molecule has 12 heavy (non-hydrogen) atoms. The van der Waals surface area contributed by atoms with Gasteiger partial charge in [-0.25, -0.2) is 4.98 Å². The van der Waals surface area contributed by atoms with Crippen molar-refractivity contribution in [2.75, 3.05) is 13.2 Å². The zero-order valence-corrected chi connectivity index (χ0v) is 7.59. The van der Waals surface area contributed by atoms with Gasteiger partial charge >= 0.3 is 0 Å². The molecule has 2 rings (SSSR count). The molecule has 0 aromatic carbocycles. The Labute approximate surface area is 75.6 Å². The molecule has 0 bridgehead atoms. The van der Waals surface area contributed by atoms with Gasteiger partial charge in [0.05, 0.1) is 11.2 Å². The predicted molar refractivity (Wildman–Crippen MR) is 48.0 cm³/mol. The van der Waals surface area contributed by atoms with Crippen LogP contribution in [-0.4, -0.2) is 18.1 Å². The van der Waals surface area contributed by atoms with Crippen molar-refractivity contribution in [3.63, 3.8) is 0 Å². The van der Waals surface area contributed by atoms with Crippen molar-refractivity contribution < 1.29 is 4.74 Å². The topological polar surface area (TPSA) is 48.1 Å². The van der Waals surface area contributed by atoms with Crippen LogP contribution in [0.3, 0.4) is 0 Å². The Morgan fingerprint density at radius 1 is 1.75 bits per heavy atom. The summed E-state index contributed by atoms with van der Waals surface area (Å²) in [5.41, 5.74) is 8.51. The smallest absolute Gasteiger partial charge is 0.104 e. The van der Waals surface area contributed by atoms with Crippen molar-refractivity contribution in [1.29, 1.82) is 0 Å². The number of rotatable bonds is 2. The summed E-state index contributed by atoms with van der Waals surface area (Å²) in [5.74, 6) is 0.465. The molecule has 1 aromatic rings. The summed E-state index contributed by atoms with van der Waals surface area (Å²) in [6.07, 6.45) is 1.22. The highest BCUT2D eigenvalue weighted by Gasteiger charge is 2.29. The predicted octanol–water partition coefficient (Wildman–Crippen LogP) is 1.18. The largest absolute Gasteiger partial charge is 0.372 e. The lowest BCUT2D eigenvalue weighted by Crippen LogP contribution is -2.17. The molecule has 0 amide bonds. The molecule has 0 radical (unpaired) electrons. The van der Waals surface area contributed by atoms with Crippen LogP contribution >= 0.6 is 11.3 Å². The van der Waals surface area contributed by atoms with Gasteiger partial charge in [-0.15, -0.1) is 11.3 Å². The summed E-state index contributed by atoms with van der Waals surface area (Å²) in [6.45, 7) is 1.52. The number of hydrogen-bond donors (Lipinski definition) is 1. The van der Waals surface area contributed by atoms with Gasteiger partial charge in [-0.1, -0.05) is 0 Å². The maximum absolute atomic E-state index is 5.63. The minimum Gasteiger partial charge on any atom is -0.372 e. The van der Waals surface area contributed by atoms with Crippen molar-refractivity contribution >= 4 is 11.3 Å². The molecule has 1 aliphatic heterocycles. The van der Waals surface area contributed by atoms with Gasteiger partial charge in [0, 0.05) is 17.9 Å². The third-order valence-electron chi connectivity index (χ3n) is 2.26. The van der Waals surface area contributed by atoms with E-state index in [9.17, 15) is 0 Å². The van der Waals surface area contributed by atoms with Crippen molar-refractivity contribution in [1.82, 2.24) is 4.98 Å². The molecule has 2 unspecified atom stereocenters. The molecule has 2 N–H and O–H groups in total. The van der Waals surface area contributed by atoms with E-state index in [0.717, 1.165) is 18.7 Å². The zero-order valence-electron chi connectivity index (χ0n) is 6.77. The maximum Gasteiger partial charge on any atom is 0.104 e. The van der Waals surface area contributed by atoms with Crippen molar-refractivity contribution in [2.45, 2.75) is 12.5 Å². The third kappa shape index (κ3) is 1.37. The van der Waals surface area contributed by atoms with Crippen molar-refractivity contribution in [2.24, 2.45) is 11.7 Å². The van der Waals surface area contributed by atoms with Crippen LogP contribution in [0.2, 0.25) is 0 Å².